The second-order valence-electron chi connectivity index (χ2n) is 5.07. The second-order valence-corrected chi connectivity index (χ2v) is 5.07. The minimum atomic E-state index is -0.178. The molecule has 1 saturated heterocycles. The quantitative estimate of drug-likeness (QED) is 0.761. The fourth-order valence-corrected chi connectivity index (χ4v) is 2.79. The van der Waals surface area contributed by atoms with Gasteiger partial charge in [-0.05, 0) is 6.42 Å². The number of hydrogen-bond donors (Lipinski definition) is 0. The van der Waals surface area contributed by atoms with Crippen LogP contribution in [0.3, 0.4) is 0 Å². The van der Waals surface area contributed by atoms with E-state index in [2.05, 4.69) is 25.2 Å². The predicted molar refractivity (Wildman–Crippen MR) is 72.5 cm³/mol. The van der Waals surface area contributed by atoms with Crippen molar-refractivity contribution in [3.8, 4) is 0 Å². The molecule has 2 aromatic rings. The highest BCUT2D eigenvalue weighted by atomic mass is 16.5. The summed E-state index contributed by atoms with van der Waals surface area (Å²) < 4.78 is 12.4. The van der Waals surface area contributed by atoms with E-state index < -0.39 is 0 Å². The number of fused-ring (bicyclic) bond motifs is 1. The van der Waals surface area contributed by atoms with E-state index in [1.54, 1.807) is 25.2 Å². The summed E-state index contributed by atoms with van der Waals surface area (Å²) in [5.74, 6) is 0.795. The lowest BCUT2D eigenvalue weighted by Crippen LogP contribution is -2.65. The number of ether oxygens (including phenoxy) is 2. The van der Waals surface area contributed by atoms with Gasteiger partial charge in [0.15, 0.2) is 17.0 Å². The summed E-state index contributed by atoms with van der Waals surface area (Å²) in [6, 6.07) is 0. The lowest BCUT2D eigenvalue weighted by Gasteiger charge is -2.52. The molecular formula is C12H18N6O2. The fourth-order valence-electron chi connectivity index (χ4n) is 2.79. The molecule has 0 aliphatic carbocycles. The molecule has 0 radical (unpaired) electrons. The van der Waals surface area contributed by atoms with Gasteiger partial charge in [-0.3, -0.25) is 0 Å². The van der Waals surface area contributed by atoms with E-state index in [0.717, 1.165) is 24.4 Å². The van der Waals surface area contributed by atoms with Crippen LogP contribution in [0.5, 0.6) is 0 Å². The van der Waals surface area contributed by atoms with E-state index in [1.165, 1.54) is 0 Å². The molecule has 0 N–H and O–H groups in total. The number of rotatable bonds is 5. The van der Waals surface area contributed by atoms with Crippen LogP contribution in [0.2, 0.25) is 0 Å². The first-order valence-corrected chi connectivity index (χ1v) is 6.48. The Morgan fingerprint density at radius 2 is 2.00 bits per heavy atom. The molecule has 0 aromatic carbocycles. The van der Waals surface area contributed by atoms with Gasteiger partial charge in [-0.25, -0.2) is 14.6 Å². The number of hydrogen-bond acceptors (Lipinski definition) is 7. The molecule has 0 unspecified atom stereocenters. The Balaban J connectivity index is 2.02. The summed E-state index contributed by atoms with van der Waals surface area (Å²) in [5.41, 5.74) is 1.26. The zero-order chi connectivity index (χ0) is 14.2. The molecule has 0 spiro atoms. The van der Waals surface area contributed by atoms with Gasteiger partial charge in [0.1, 0.15) is 6.33 Å². The molecule has 3 heterocycles. The zero-order valence-corrected chi connectivity index (χ0v) is 11.9. The Bertz CT molecular complexity index is 607. The van der Waals surface area contributed by atoms with Gasteiger partial charge in [-0.2, -0.15) is 0 Å². The molecule has 0 bridgehead atoms. The first-order valence-electron chi connectivity index (χ1n) is 6.48. The molecular weight excluding hydrogens is 260 g/mol. The number of methoxy groups -OCH3 is 2. The van der Waals surface area contributed by atoms with Crippen LogP contribution in [0.4, 0.5) is 5.82 Å². The zero-order valence-electron chi connectivity index (χ0n) is 11.9. The van der Waals surface area contributed by atoms with Crippen molar-refractivity contribution in [2.75, 3.05) is 38.9 Å². The minimum Gasteiger partial charge on any atom is -0.382 e. The molecule has 1 fully saturated rings. The molecule has 20 heavy (non-hydrogen) atoms. The monoisotopic (exact) mass is 278 g/mol. The van der Waals surface area contributed by atoms with Crippen LogP contribution in [-0.4, -0.2) is 64.5 Å². The highest BCUT2D eigenvalue weighted by molar-refractivity contribution is 5.83. The van der Waals surface area contributed by atoms with E-state index in [-0.39, 0.29) is 5.54 Å². The summed E-state index contributed by atoms with van der Waals surface area (Å²) in [4.78, 5) is 10.8. The fraction of sp³-hybridized carbons (Fsp3) is 0.667. The number of aryl methyl sites for hydroxylation is 1. The Hall–Kier alpha value is -1.80. The highest BCUT2D eigenvalue weighted by Gasteiger charge is 2.46. The van der Waals surface area contributed by atoms with Crippen LogP contribution >= 0.6 is 0 Å². The van der Waals surface area contributed by atoms with Gasteiger partial charge >= 0.3 is 0 Å². The topological polar surface area (TPSA) is 78.2 Å². The van der Waals surface area contributed by atoms with Crippen molar-refractivity contribution in [3.63, 3.8) is 0 Å². The average Bonchev–Trinajstić information content (AvgIpc) is 2.80. The molecule has 1 aliphatic heterocycles. The SMILES string of the molecule is COCC1(COC)CCN1c1ncnc2c1nnn2C. The third-order valence-electron chi connectivity index (χ3n) is 3.82. The van der Waals surface area contributed by atoms with Crippen molar-refractivity contribution in [2.45, 2.75) is 12.0 Å². The van der Waals surface area contributed by atoms with Crippen LogP contribution in [0.25, 0.3) is 11.2 Å². The van der Waals surface area contributed by atoms with Gasteiger partial charge in [0.2, 0.25) is 0 Å². The summed E-state index contributed by atoms with van der Waals surface area (Å²) in [6.45, 7) is 2.08. The summed E-state index contributed by atoms with van der Waals surface area (Å²) in [6.07, 6.45) is 2.55. The first kappa shape index (κ1) is 13.2. The lowest BCUT2D eigenvalue weighted by atomic mass is 9.86. The molecule has 0 amide bonds. The smallest absolute Gasteiger partial charge is 0.183 e. The molecule has 2 aromatic heterocycles. The van der Waals surface area contributed by atoms with E-state index in [4.69, 9.17) is 9.47 Å². The van der Waals surface area contributed by atoms with Crippen molar-refractivity contribution in [3.05, 3.63) is 6.33 Å². The van der Waals surface area contributed by atoms with Crippen LogP contribution < -0.4 is 4.90 Å². The first-order chi connectivity index (χ1) is 9.72. The van der Waals surface area contributed by atoms with Crippen LogP contribution in [0, 0.1) is 0 Å². The van der Waals surface area contributed by atoms with Crippen LogP contribution in [0.1, 0.15) is 6.42 Å². The summed E-state index contributed by atoms with van der Waals surface area (Å²) in [5, 5.41) is 8.18. The average molecular weight is 278 g/mol. The largest absolute Gasteiger partial charge is 0.382 e. The van der Waals surface area contributed by atoms with E-state index in [0.29, 0.717) is 18.7 Å². The lowest BCUT2D eigenvalue weighted by molar-refractivity contribution is 0.0285. The van der Waals surface area contributed by atoms with Gasteiger partial charge in [0, 0.05) is 27.8 Å². The van der Waals surface area contributed by atoms with Crippen molar-refractivity contribution in [1.29, 1.82) is 0 Å². The maximum absolute atomic E-state index is 5.36. The number of nitrogens with zero attached hydrogens (tertiary/aromatic N) is 6. The normalized spacial score (nSPS) is 17.4. The van der Waals surface area contributed by atoms with Gasteiger partial charge in [0.05, 0.1) is 18.8 Å². The Kier molecular flexibility index (Phi) is 3.27. The predicted octanol–water partition coefficient (Wildman–Crippen LogP) is -0.000000000000000222. The van der Waals surface area contributed by atoms with E-state index in [1.807, 2.05) is 7.05 Å². The number of aromatic nitrogens is 5. The molecule has 3 rings (SSSR count). The van der Waals surface area contributed by atoms with Crippen molar-refractivity contribution in [1.82, 2.24) is 25.0 Å². The standard InChI is InChI=1S/C12H18N6O2/c1-17-10-9(15-16-17)11(14-8-13-10)18-5-4-12(18,6-19-2)7-20-3/h8H,4-7H2,1-3H3. The van der Waals surface area contributed by atoms with Crippen molar-refractivity contribution < 1.29 is 9.47 Å². The van der Waals surface area contributed by atoms with Crippen LogP contribution in [-0.2, 0) is 16.5 Å². The maximum atomic E-state index is 5.36. The Labute approximate surface area is 116 Å². The molecule has 1 aliphatic rings. The van der Waals surface area contributed by atoms with Gasteiger partial charge in [-0.15, -0.1) is 5.10 Å². The van der Waals surface area contributed by atoms with Gasteiger partial charge < -0.3 is 14.4 Å². The molecule has 108 valence electrons. The van der Waals surface area contributed by atoms with Gasteiger partial charge in [0.25, 0.3) is 0 Å². The second kappa shape index (κ2) is 4.95. The minimum absolute atomic E-state index is 0.178. The summed E-state index contributed by atoms with van der Waals surface area (Å²) >= 11 is 0. The highest BCUT2D eigenvalue weighted by Crippen LogP contribution is 2.37. The third-order valence-corrected chi connectivity index (χ3v) is 3.82. The molecule has 0 saturated carbocycles. The molecule has 8 heteroatoms. The molecule has 0 atom stereocenters. The Morgan fingerprint density at radius 1 is 1.25 bits per heavy atom. The van der Waals surface area contributed by atoms with Crippen LogP contribution in [0.15, 0.2) is 6.33 Å². The van der Waals surface area contributed by atoms with Crippen molar-refractivity contribution in [2.24, 2.45) is 7.05 Å². The van der Waals surface area contributed by atoms with E-state index in [9.17, 15) is 0 Å². The van der Waals surface area contributed by atoms with E-state index >= 15 is 0 Å². The number of anilines is 1. The molecule has 8 nitrogen and oxygen atoms in total. The summed E-state index contributed by atoms with van der Waals surface area (Å²) in [7, 11) is 5.22. The maximum Gasteiger partial charge on any atom is 0.183 e. The van der Waals surface area contributed by atoms with Crippen molar-refractivity contribution >= 4 is 17.0 Å². The Morgan fingerprint density at radius 3 is 2.60 bits per heavy atom. The van der Waals surface area contributed by atoms with Gasteiger partial charge in [-0.1, -0.05) is 5.21 Å². The third kappa shape index (κ3) is 1.83.